The van der Waals surface area contributed by atoms with Gasteiger partial charge in [0.1, 0.15) is 5.41 Å². The quantitative estimate of drug-likeness (QED) is 0.717. The van der Waals surface area contributed by atoms with E-state index < -0.39 is 5.41 Å². The average Bonchev–Trinajstić information content (AvgIpc) is 2.30. The predicted octanol–water partition coefficient (Wildman–Crippen LogP) is 0.835. The number of nitrogens with one attached hydrogen (secondary N) is 1. The molecule has 0 aromatic carbocycles. The van der Waals surface area contributed by atoms with E-state index >= 15 is 0 Å². The Kier molecular flexibility index (Phi) is 4.34. The summed E-state index contributed by atoms with van der Waals surface area (Å²) >= 11 is 0. The van der Waals surface area contributed by atoms with Crippen LogP contribution < -0.4 is 5.32 Å². The Morgan fingerprint density at radius 3 is 2.75 bits per heavy atom. The zero-order valence-electron chi connectivity index (χ0n) is 9.45. The van der Waals surface area contributed by atoms with Crippen molar-refractivity contribution in [1.82, 2.24) is 5.32 Å². The second kappa shape index (κ2) is 5.53. The van der Waals surface area contributed by atoms with Crippen molar-refractivity contribution in [2.24, 2.45) is 5.41 Å². The molecule has 0 aromatic rings. The van der Waals surface area contributed by atoms with Crippen LogP contribution in [0, 0.1) is 29.1 Å². The Bertz CT molecular complexity index is 332. The molecule has 86 valence electrons. The largest absolute Gasteiger partial charge is 0.381 e. The summed E-state index contributed by atoms with van der Waals surface area (Å²) in [5.41, 5.74) is -0.929. The normalized spacial score (nSPS) is 20.2. The summed E-state index contributed by atoms with van der Waals surface area (Å²) in [6, 6.07) is 2.03. The van der Waals surface area contributed by atoms with E-state index in [1.165, 1.54) is 0 Å². The summed E-state index contributed by atoms with van der Waals surface area (Å²) in [5, 5.41) is 11.9. The van der Waals surface area contributed by atoms with Crippen molar-refractivity contribution in [3.8, 4) is 18.4 Å². The maximum atomic E-state index is 12.0. The van der Waals surface area contributed by atoms with Gasteiger partial charge in [0, 0.05) is 25.7 Å². The van der Waals surface area contributed by atoms with Gasteiger partial charge >= 0.3 is 0 Å². The smallest absolute Gasteiger partial charge is 0.240 e. The van der Waals surface area contributed by atoms with Crippen molar-refractivity contribution in [3.05, 3.63) is 0 Å². The fraction of sp³-hybridized carbons (Fsp3) is 0.667. The van der Waals surface area contributed by atoms with Crippen LogP contribution in [0.3, 0.4) is 0 Å². The second-order valence-corrected chi connectivity index (χ2v) is 4.09. The summed E-state index contributed by atoms with van der Waals surface area (Å²) < 4.78 is 5.17. The molecule has 0 spiro atoms. The zero-order chi connectivity index (χ0) is 12.0. The fourth-order valence-corrected chi connectivity index (χ4v) is 1.70. The first-order valence-corrected chi connectivity index (χ1v) is 5.38. The summed E-state index contributed by atoms with van der Waals surface area (Å²) in [5.74, 6) is 2.26. The average molecular weight is 220 g/mol. The molecule has 16 heavy (non-hydrogen) atoms. The third-order valence-corrected chi connectivity index (χ3v) is 2.80. The Balaban J connectivity index is 2.63. The molecule has 0 aromatic heterocycles. The number of carbonyl (C=O) groups excluding carboxylic acids is 1. The number of nitriles is 1. The number of amides is 1. The van der Waals surface area contributed by atoms with Crippen LogP contribution in [-0.4, -0.2) is 25.2 Å². The molecule has 0 bridgehead atoms. The molecule has 1 N–H and O–H groups in total. The van der Waals surface area contributed by atoms with Crippen molar-refractivity contribution in [2.45, 2.75) is 32.2 Å². The van der Waals surface area contributed by atoms with Crippen LogP contribution >= 0.6 is 0 Å². The van der Waals surface area contributed by atoms with E-state index in [9.17, 15) is 4.79 Å². The number of rotatable bonds is 3. The first kappa shape index (κ1) is 12.5. The molecule has 0 aliphatic carbocycles. The van der Waals surface area contributed by atoms with Gasteiger partial charge in [-0.3, -0.25) is 4.79 Å². The van der Waals surface area contributed by atoms with E-state index in [4.69, 9.17) is 16.4 Å². The molecular weight excluding hydrogens is 204 g/mol. The van der Waals surface area contributed by atoms with Crippen LogP contribution in [0.4, 0.5) is 0 Å². The Morgan fingerprint density at radius 2 is 2.25 bits per heavy atom. The van der Waals surface area contributed by atoms with Crippen molar-refractivity contribution in [3.63, 3.8) is 0 Å². The van der Waals surface area contributed by atoms with Gasteiger partial charge in [0.2, 0.25) is 5.91 Å². The number of terminal acetylenes is 1. The Hall–Kier alpha value is -1.52. The van der Waals surface area contributed by atoms with E-state index in [1.54, 1.807) is 0 Å². The van der Waals surface area contributed by atoms with Crippen molar-refractivity contribution >= 4 is 5.91 Å². The Labute approximate surface area is 96.0 Å². The zero-order valence-corrected chi connectivity index (χ0v) is 9.45. The molecule has 1 aliphatic rings. The maximum Gasteiger partial charge on any atom is 0.240 e. The molecule has 4 nitrogen and oxygen atoms in total. The summed E-state index contributed by atoms with van der Waals surface area (Å²) in [6.07, 6.45) is 6.55. The summed E-state index contributed by atoms with van der Waals surface area (Å²) in [7, 11) is 0. The van der Waals surface area contributed by atoms with Gasteiger partial charge in [-0.05, 0) is 19.8 Å². The van der Waals surface area contributed by atoms with Gasteiger partial charge in [-0.2, -0.15) is 5.26 Å². The standard InChI is InChI=1S/C12H16N2O2/c1-3-4-10(2)14-11(15)12(9-13)5-7-16-8-6-12/h1,10H,4-8H2,2H3,(H,14,15). The fourth-order valence-electron chi connectivity index (χ4n) is 1.70. The topological polar surface area (TPSA) is 62.1 Å². The van der Waals surface area contributed by atoms with Crippen LogP contribution in [-0.2, 0) is 9.53 Å². The monoisotopic (exact) mass is 220 g/mol. The molecule has 1 heterocycles. The summed E-state index contributed by atoms with van der Waals surface area (Å²) in [4.78, 5) is 12.0. The van der Waals surface area contributed by atoms with E-state index in [2.05, 4.69) is 17.3 Å². The molecule has 1 atom stereocenters. The lowest BCUT2D eigenvalue weighted by molar-refractivity contribution is -0.133. The van der Waals surface area contributed by atoms with E-state index in [0.29, 0.717) is 32.5 Å². The highest BCUT2D eigenvalue weighted by molar-refractivity contribution is 5.85. The highest BCUT2D eigenvalue weighted by Gasteiger charge is 2.40. The van der Waals surface area contributed by atoms with Crippen LogP contribution in [0.5, 0.6) is 0 Å². The number of carbonyl (C=O) groups is 1. The molecule has 1 aliphatic heterocycles. The first-order valence-electron chi connectivity index (χ1n) is 5.38. The minimum absolute atomic E-state index is 0.0921. The van der Waals surface area contributed by atoms with E-state index in [0.717, 1.165) is 0 Å². The van der Waals surface area contributed by atoms with Crippen molar-refractivity contribution in [2.75, 3.05) is 13.2 Å². The Morgan fingerprint density at radius 1 is 1.62 bits per heavy atom. The van der Waals surface area contributed by atoms with Gasteiger partial charge in [-0.25, -0.2) is 0 Å². The van der Waals surface area contributed by atoms with Crippen LogP contribution in [0.15, 0.2) is 0 Å². The van der Waals surface area contributed by atoms with Gasteiger partial charge in [0.25, 0.3) is 0 Å². The highest BCUT2D eigenvalue weighted by Crippen LogP contribution is 2.29. The third kappa shape index (κ3) is 2.74. The molecule has 1 rings (SSSR count). The number of ether oxygens (including phenoxy) is 1. The lowest BCUT2D eigenvalue weighted by Gasteiger charge is -2.30. The van der Waals surface area contributed by atoms with Crippen LogP contribution in [0.1, 0.15) is 26.2 Å². The van der Waals surface area contributed by atoms with Gasteiger partial charge in [0.05, 0.1) is 6.07 Å². The minimum Gasteiger partial charge on any atom is -0.381 e. The van der Waals surface area contributed by atoms with Crippen molar-refractivity contribution < 1.29 is 9.53 Å². The second-order valence-electron chi connectivity index (χ2n) is 4.09. The SMILES string of the molecule is C#CCC(C)NC(=O)C1(C#N)CCOCC1. The van der Waals surface area contributed by atoms with Crippen LogP contribution in [0.25, 0.3) is 0 Å². The predicted molar refractivity (Wildman–Crippen MR) is 59.2 cm³/mol. The molecule has 4 heteroatoms. The lowest BCUT2D eigenvalue weighted by Crippen LogP contribution is -2.46. The number of hydrogen-bond acceptors (Lipinski definition) is 3. The van der Waals surface area contributed by atoms with E-state index in [1.807, 2.05) is 6.92 Å². The minimum atomic E-state index is -0.929. The molecule has 1 amide bonds. The maximum absolute atomic E-state index is 12.0. The first-order chi connectivity index (χ1) is 7.64. The summed E-state index contributed by atoms with van der Waals surface area (Å²) in [6.45, 7) is 2.76. The molecular formula is C12H16N2O2. The van der Waals surface area contributed by atoms with Gasteiger partial charge < -0.3 is 10.1 Å². The van der Waals surface area contributed by atoms with E-state index in [-0.39, 0.29) is 11.9 Å². The number of hydrogen-bond donors (Lipinski definition) is 1. The molecule has 1 unspecified atom stereocenters. The van der Waals surface area contributed by atoms with Crippen molar-refractivity contribution in [1.29, 1.82) is 5.26 Å². The highest BCUT2D eigenvalue weighted by atomic mass is 16.5. The van der Waals surface area contributed by atoms with Gasteiger partial charge in [0.15, 0.2) is 0 Å². The van der Waals surface area contributed by atoms with Gasteiger partial charge in [-0.1, -0.05) is 0 Å². The van der Waals surface area contributed by atoms with Gasteiger partial charge in [-0.15, -0.1) is 12.3 Å². The molecule has 1 fully saturated rings. The molecule has 0 saturated carbocycles. The number of nitrogens with zero attached hydrogens (tertiary/aromatic N) is 1. The molecule has 0 radical (unpaired) electrons. The third-order valence-electron chi connectivity index (χ3n) is 2.80. The van der Waals surface area contributed by atoms with Crippen LogP contribution in [0.2, 0.25) is 0 Å². The molecule has 1 saturated heterocycles. The lowest BCUT2D eigenvalue weighted by atomic mass is 9.80.